The van der Waals surface area contributed by atoms with E-state index >= 15 is 0 Å². The molecule has 0 saturated heterocycles. The molecule has 0 fully saturated rings. The van der Waals surface area contributed by atoms with E-state index in [1.807, 2.05) is 0 Å². The third-order valence-corrected chi connectivity index (χ3v) is 3.01. The fraction of sp³-hybridized carbons (Fsp3) is 0.167. The van der Waals surface area contributed by atoms with E-state index in [-0.39, 0.29) is 23.4 Å². The summed E-state index contributed by atoms with van der Waals surface area (Å²) in [4.78, 5) is 27.4. The molecule has 0 unspecified atom stereocenters. The highest BCUT2D eigenvalue weighted by molar-refractivity contribution is 5.88. The maximum atomic E-state index is 12.2. The Morgan fingerprint density at radius 2 is 2.30 bits per heavy atom. The van der Waals surface area contributed by atoms with Gasteiger partial charge in [0, 0.05) is 7.05 Å². The molecule has 0 saturated carbocycles. The smallest absolute Gasteiger partial charge is 0.339 e. The third kappa shape index (κ3) is 1.78. The minimum Gasteiger partial charge on any atom is -0.478 e. The van der Waals surface area contributed by atoms with Crippen molar-refractivity contribution in [3.63, 3.8) is 0 Å². The first kappa shape index (κ1) is 12.2. The summed E-state index contributed by atoms with van der Waals surface area (Å²) in [6, 6.07) is 1.35. The molecule has 8 nitrogen and oxygen atoms in total. The van der Waals surface area contributed by atoms with Gasteiger partial charge in [-0.15, -0.1) is 0 Å². The largest absolute Gasteiger partial charge is 0.478 e. The summed E-state index contributed by atoms with van der Waals surface area (Å²) in [6.07, 6.45) is 4.06. The predicted octanol–water partition coefficient (Wildman–Crippen LogP) is 0.469. The number of hydrogen-bond donors (Lipinski definition) is 1. The van der Waals surface area contributed by atoms with Crippen molar-refractivity contribution in [2.24, 2.45) is 7.05 Å². The zero-order valence-electron chi connectivity index (χ0n) is 10.5. The number of carboxylic acid groups (broad SMARTS) is 1. The SMILES string of the molecule is Cn1ncc2c(=O)n(Cc3occc3C(=O)O)cnc21. The summed E-state index contributed by atoms with van der Waals surface area (Å²) in [5, 5.41) is 13.3. The van der Waals surface area contributed by atoms with Crippen molar-refractivity contribution in [1.82, 2.24) is 19.3 Å². The van der Waals surface area contributed by atoms with Crippen LogP contribution in [0.5, 0.6) is 0 Å². The number of carboxylic acids is 1. The molecule has 20 heavy (non-hydrogen) atoms. The maximum absolute atomic E-state index is 12.2. The monoisotopic (exact) mass is 274 g/mol. The first-order chi connectivity index (χ1) is 9.58. The Morgan fingerprint density at radius 3 is 3.05 bits per heavy atom. The van der Waals surface area contributed by atoms with E-state index in [4.69, 9.17) is 9.52 Å². The molecule has 3 aromatic heterocycles. The molecule has 3 aromatic rings. The van der Waals surface area contributed by atoms with E-state index in [0.29, 0.717) is 11.0 Å². The van der Waals surface area contributed by atoms with Crippen LogP contribution in [0.2, 0.25) is 0 Å². The molecule has 0 bridgehead atoms. The van der Waals surface area contributed by atoms with Gasteiger partial charge in [-0.2, -0.15) is 5.10 Å². The summed E-state index contributed by atoms with van der Waals surface area (Å²) >= 11 is 0. The Kier molecular flexibility index (Phi) is 2.63. The lowest BCUT2D eigenvalue weighted by Crippen LogP contribution is -2.21. The lowest BCUT2D eigenvalue weighted by Gasteiger charge is -2.04. The number of nitrogens with zero attached hydrogens (tertiary/aromatic N) is 4. The van der Waals surface area contributed by atoms with E-state index in [2.05, 4.69) is 10.1 Å². The Bertz CT molecular complexity index is 858. The van der Waals surface area contributed by atoms with Gasteiger partial charge in [-0.3, -0.25) is 14.0 Å². The fourth-order valence-corrected chi connectivity index (χ4v) is 1.99. The van der Waals surface area contributed by atoms with Crippen molar-refractivity contribution in [3.05, 3.63) is 46.5 Å². The van der Waals surface area contributed by atoms with Crippen LogP contribution in [-0.4, -0.2) is 30.4 Å². The van der Waals surface area contributed by atoms with E-state index < -0.39 is 5.97 Å². The van der Waals surface area contributed by atoms with Crippen LogP contribution >= 0.6 is 0 Å². The topological polar surface area (TPSA) is 103 Å². The lowest BCUT2D eigenvalue weighted by molar-refractivity contribution is 0.0694. The summed E-state index contributed by atoms with van der Waals surface area (Å²) in [5.74, 6) is -0.901. The number of hydrogen-bond acceptors (Lipinski definition) is 5. The van der Waals surface area contributed by atoms with Crippen LogP contribution in [0.4, 0.5) is 0 Å². The standard InChI is InChI=1S/C12H10N4O4/c1-15-10-8(4-14-15)11(17)16(6-13-10)5-9-7(12(18)19)2-3-20-9/h2-4,6H,5H2,1H3,(H,18,19). The molecule has 8 heteroatoms. The van der Waals surface area contributed by atoms with Gasteiger partial charge in [0.05, 0.1) is 19.0 Å². The van der Waals surface area contributed by atoms with E-state index in [1.165, 1.54) is 34.1 Å². The molecule has 1 N–H and O–H groups in total. The third-order valence-electron chi connectivity index (χ3n) is 3.01. The molecule has 0 radical (unpaired) electrons. The predicted molar refractivity (Wildman–Crippen MR) is 67.5 cm³/mol. The van der Waals surface area contributed by atoms with Crippen molar-refractivity contribution in [2.75, 3.05) is 0 Å². The Balaban J connectivity index is 2.07. The van der Waals surface area contributed by atoms with E-state index in [1.54, 1.807) is 7.05 Å². The second-order valence-electron chi connectivity index (χ2n) is 4.25. The number of aromatic nitrogens is 4. The average molecular weight is 274 g/mol. The zero-order chi connectivity index (χ0) is 14.3. The second kappa shape index (κ2) is 4.34. The Hall–Kier alpha value is -2.90. The molecular weight excluding hydrogens is 264 g/mol. The first-order valence-corrected chi connectivity index (χ1v) is 5.74. The van der Waals surface area contributed by atoms with Gasteiger partial charge >= 0.3 is 5.97 Å². The highest BCUT2D eigenvalue weighted by Gasteiger charge is 2.15. The van der Waals surface area contributed by atoms with E-state index in [9.17, 15) is 9.59 Å². The molecule has 0 spiro atoms. The first-order valence-electron chi connectivity index (χ1n) is 5.74. The zero-order valence-corrected chi connectivity index (χ0v) is 10.5. The summed E-state index contributed by atoms with van der Waals surface area (Å²) in [7, 11) is 1.69. The van der Waals surface area contributed by atoms with Crippen molar-refractivity contribution < 1.29 is 14.3 Å². The van der Waals surface area contributed by atoms with Crippen LogP contribution < -0.4 is 5.56 Å². The number of fused-ring (bicyclic) bond motifs is 1. The van der Waals surface area contributed by atoms with Crippen LogP contribution in [0.3, 0.4) is 0 Å². The summed E-state index contributed by atoms with van der Waals surface area (Å²) in [6.45, 7) is 0.00526. The molecular formula is C12H10N4O4. The molecule has 3 rings (SSSR count). The average Bonchev–Trinajstić information content (AvgIpc) is 3.00. The number of aryl methyl sites for hydroxylation is 1. The maximum Gasteiger partial charge on any atom is 0.339 e. The minimum atomic E-state index is -1.10. The molecule has 0 aliphatic carbocycles. The van der Waals surface area contributed by atoms with Gasteiger partial charge in [0.1, 0.15) is 23.0 Å². The van der Waals surface area contributed by atoms with Crippen LogP contribution in [0, 0.1) is 0 Å². The van der Waals surface area contributed by atoms with Crippen molar-refractivity contribution in [3.8, 4) is 0 Å². The van der Waals surface area contributed by atoms with Crippen LogP contribution in [0.25, 0.3) is 11.0 Å². The van der Waals surface area contributed by atoms with Gasteiger partial charge in [-0.1, -0.05) is 0 Å². The van der Waals surface area contributed by atoms with Gasteiger partial charge < -0.3 is 9.52 Å². The van der Waals surface area contributed by atoms with Crippen LogP contribution in [-0.2, 0) is 13.6 Å². The molecule has 102 valence electrons. The molecule has 0 atom stereocenters. The highest BCUT2D eigenvalue weighted by Crippen LogP contribution is 2.12. The molecule has 3 heterocycles. The van der Waals surface area contributed by atoms with Gasteiger partial charge in [0.25, 0.3) is 5.56 Å². The van der Waals surface area contributed by atoms with Gasteiger partial charge in [0.2, 0.25) is 0 Å². The van der Waals surface area contributed by atoms with Gasteiger partial charge in [-0.05, 0) is 6.07 Å². The summed E-state index contributed by atoms with van der Waals surface area (Å²) in [5.41, 5.74) is 0.211. The quantitative estimate of drug-likeness (QED) is 0.744. The van der Waals surface area contributed by atoms with Crippen molar-refractivity contribution in [1.29, 1.82) is 0 Å². The molecule has 0 aromatic carbocycles. The van der Waals surface area contributed by atoms with Crippen LogP contribution in [0.15, 0.2) is 34.1 Å². The fourth-order valence-electron chi connectivity index (χ4n) is 1.99. The Morgan fingerprint density at radius 1 is 1.50 bits per heavy atom. The van der Waals surface area contributed by atoms with E-state index in [0.717, 1.165) is 0 Å². The molecule has 0 aliphatic heterocycles. The Labute approximate surface area is 111 Å². The van der Waals surface area contributed by atoms with Crippen molar-refractivity contribution in [2.45, 2.75) is 6.54 Å². The van der Waals surface area contributed by atoms with Crippen molar-refractivity contribution >= 4 is 17.0 Å². The normalized spacial score (nSPS) is 11.1. The lowest BCUT2D eigenvalue weighted by atomic mass is 10.2. The van der Waals surface area contributed by atoms with Gasteiger partial charge in [-0.25, -0.2) is 9.78 Å². The highest BCUT2D eigenvalue weighted by atomic mass is 16.4. The number of furan rings is 1. The number of carbonyl (C=O) groups is 1. The minimum absolute atomic E-state index is 0.00526. The number of aromatic carboxylic acids is 1. The van der Waals surface area contributed by atoms with Gasteiger partial charge in [0.15, 0.2) is 5.65 Å². The van der Waals surface area contributed by atoms with Crippen LogP contribution in [0.1, 0.15) is 16.1 Å². The molecule has 0 amide bonds. The number of rotatable bonds is 3. The summed E-state index contributed by atoms with van der Waals surface area (Å²) < 4.78 is 7.90. The molecule has 0 aliphatic rings. The second-order valence-corrected chi connectivity index (χ2v) is 4.25.